The minimum atomic E-state index is -0.908. The van der Waals surface area contributed by atoms with E-state index in [2.05, 4.69) is 0 Å². The Morgan fingerprint density at radius 2 is 1.65 bits per heavy atom. The van der Waals surface area contributed by atoms with E-state index in [1.807, 2.05) is 13.8 Å². The van der Waals surface area contributed by atoms with Gasteiger partial charge in [-0.2, -0.15) is 0 Å². The second-order valence-electron chi connectivity index (χ2n) is 4.84. The third-order valence-electron chi connectivity index (χ3n) is 3.43. The molecule has 0 radical (unpaired) electrons. The number of nitro benzene ring substituents is 2. The number of esters is 1. The molecule has 1 aromatic carbocycles. The zero-order valence-corrected chi connectivity index (χ0v) is 13.1. The molecular weight excluding hydrogens is 304 g/mol. The van der Waals surface area contributed by atoms with Crippen LogP contribution in [0.25, 0.3) is 0 Å². The summed E-state index contributed by atoms with van der Waals surface area (Å²) in [6, 6.07) is 2.48. The van der Waals surface area contributed by atoms with Gasteiger partial charge in [0, 0.05) is 18.2 Å². The molecule has 0 heterocycles. The average molecular weight is 322 g/mol. The first-order chi connectivity index (χ1) is 10.8. The molecule has 8 heteroatoms. The molecule has 0 amide bonds. The van der Waals surface area contributed by atoms with E-state index in [0.717, 1.165) is 6.08 Å². The Hall–Kier alpha value is -2.77. The SMILES string of the molecule is C/C=C/C(=O)Oc1c([N+](=O)[O-])cc(C(CC)CC)cc1[N+](=O)[O-]. The van der Waals surface area contributed by atoms with E-state index in [-0.39, 0.29) is 5.92 Å². The highest BCUT2D eigenvalue weighted by molar-refractivity contribution is 5.86. The zero-order valence-electron chi connectivity index (χ0n) is 13.1. The van der Waals surface area contributed by atoms with Crippen molar-refractivity contribution in [2.75, 3.05) is 0 Å². The molecule has 1 aromatic rings. The van der Waals surface area contributed by atoms with Gasteiger partial charge in [-0.3, -0.25) is 20.2 Å². The second kappa shape index (κ2) is 8.02. The molecule has 8 nitrogen and oxygen atoms in total. The van der Waals surface area contributed by atoms with Crippen LogP contribution in [0.4, 0.5) is 11.4 Å². The summed E-state index contributed by atoms with van der Waals surface area (Å²) >= 11 is 0. The highest BCUT2D eigenvalue weighted by Gasteiger charge is 2.31. The lowest BCUT2D eigenvalue weighted by atomic mass is 9.93. The van der Waals surface area contributed by atoms with Crippen LogP contribution in [-0.2, 0) is 4.79 Å². The first-order valence-corrected chi connectivity index (χ1v) is 7.16. The summed E-state index contributed by atoms with van der Waals surface area (Å²) in [5.74, 6) is -1.60. The van der Waals surface area contributed by atoms with Crippen LogP contribution >= 0.6 is 0 Å². The lowest BCUT2D eigenvalue weighted by Gasteiger charge is -2.13. The topological polar surface area (TPSA) is 113 Å². The molecule has 0 atom stereocenters. The Labute approximate surface area is 133 Å². The minimum absolute atomic E-state index is 0.0484. The van der Waals surface area contributed by atoms with Gasteiger partial charge in [0.15, 0.2) is 0 Å². The monoisotopic (exact) mass is 322 g/mol. The fourth-order valence-corrected chi connectivity index (χ4v) is 2.26. The van der Waals surface area contributed by atoms with E-state index >= 15 is 0 Å². The van der Waals surface area contributed by atoms with E-state index in [9.17, 15) is 25.0 Å². The summed E-state index contributed by atoms with van der Waals surface area (Å²) < 4.78 is 4.83. The van der Waals surface area contributed by atoms with Gasteiger partial charge in [-0.25, -0.2) is 4.79 Å². The van der Waals surface area contributed by atoms with Gasteiger partial charge in [-0.05, 0) is 31.2 Å². The highest BCUT2D eigenvalue weighted by Crippen LogP contribution is 2.41. The molecule has 0 unspecified atom stereocenters. The number of hydrogen-bond acceptors (Lipinski definition) is 6. The van der Waals surface area contributed by atoms with Crippen molar-refractivity contribution in [3.63, 3.8) is 0 Å². The lowest BCUT2D eigenvalue weighted by Crippen LogP contribution is -2.09. The normalized spacial score (nSPS) is 11.0. The fraction of sp³-hybridized carbons (Fsp3) is 0.400. The summed E-state index contributed by atoms with van der Waals surface area (Å²) in [5, 5.41) is 22.5. The Morgan fingerprint density at radius 3 is 2.00 bits per heavy atom. The molecule has 23 heavy (non-hydrogen) atoms. The van der Waals surface area contributed by atoms with Crippen LogP contribution in [-0.4, -0.2) is 15.8 Å². The number of rotatable bonds is 7. The van der Waals surface area contributed by atoms with E-state index < -0.39 is 32.9 Å². The number of nitrogens with zero attached hydrogens (tertiary/aromatic N) is 2. The van der Waals surface area contributed by atoms with Crippen LogP contribution in [0, 0.1) is 20.2 Å². The van der Waals surface area contributed by atoms with Gasteiger partial charge in [0.25, 0.3) is 5.75 Å². The van der Waals surface area contributed by atoms with Crippen molar-refractivity contribution in [1.29, 1.82) is 0 Å². The number of hydrogen-bond donors (Lipinski definition) is 0. The molecule has 0 bridgehead atoms. The standard InChI is InChI=1S/C15H18N2O6/c1-4-7-14(18)23-15-12(16(19)20)8-11(10(5-2)6-3)9-13(15)17(21)22/h4,7-10H,5-6H2,1-3H3/b7-4+. The highest BCUT2D eigenvalue weighted by atomic mass is 16.6. The summed E-state index contributed by atoms with van der Waals surface area (Å²) in [6.07, 6.45) is 3.77. The van der Waals surface area contributed by atoms with E-state index in [1.165, 1.54) is 18.2 Å². The minimum Gasteiger partial charge on any atom is -0.409 e. The molecule has 0 fully saturated rings. The maximum atomic E-state index is 11.5. The Morgan fingerprint density at radius 1 is 1.17 bits per heavy atom. The first kappa shape index (κ1) is 18.3. The summed E-state index contributed by atoms with van der Waals surface area (Å²) in [7, 11) is 0. The van der Waals surface area contributed by atoms with E-state index in [1.54, 1.807) is 6.92 Å². The fourth-order valence-electron chi connectivity index (χ4n) is 2.26. The maximum absolute atomic E-state index is 11.5. The van der Waals surface area contributed by atoms with Gasteiger partial charge in [-0.1, -0.05) is 19.9 Å². The molecule has 1 rings (SSSR count). The Kier molecular flexibility index (Phi) is 6.37. The van der Waals surface area contributed by atoms with Crippen LogP contribution < -0.4 is 4.74 Å². The molecule has 0 saturated heterocycles. The molecule has 0 spiro atoms. The third-order valence-corrected chi connectivity index (χ3v) is 3.43. The number of nitro groups is 2. The van der Waals surface area contributed by atoms with Crippen molar-refractivity contribution in [3.05, 3.63) is 50.1 Å². The Bertz CT molecular complexity index is 614. The van der Waals surface area contributed by atoms with Crippen LogP contribution in [0.15, 0.2) is 24.3 Å². The number of carbonyl (C=O) groups is 1. The molecule has 0 saturated carbocycles. The molecule has 0 aliphatic rings. The van der Waals surface area contributed by atoms with Crippen molar-refractivity contribution >= 4 is 17.3 Å². The van der Waals surface area contributed by atoms with Crippen molar-refractivity contribution < 1.29 is 19.4 Å². The molecular formula is C15H18N2O6. The summed E-state index contributed by atoms with van der Waals surface area (Å²) in [6.45, 7) is 5.35. The van der Waals surface area contributed by atoms with Crippen LogP contribution in [0.1, 0.15) is 45.1 Å². The number of carbonyl (C=O) groups excluding carboxylic acids is 1. The van der Waals surface area contributed by atoms with Gasteiger partial charge in [0.2, 0.25) is 0 Å². The van der Waals surface area contributed by atoms with Crippen molar-refractivity contribution in [1.82, 2.24) is 0 Å². The first-order valence-electron chi connectivity index (χ1n) is 7.16. The van der Waals surface area contributed by atoms with Crippen LogP contribution in [0.3, 0.4) is 0 Å². The van der Waals surface area contributed by atoms with Crippen molar-refractivity contribution in [2.45, 2.75) is 39.5 Å². The predicted molar refractivity (Wildman–Crippen MR) is 83.5 cm³/mol. The van der Waals surface area contributed by atoms with Gasteiger partial charge < -0.3 is 4.74 Å². The van der Waals surface area contributed by atoms with Crippen LogP contribution in [0.5, 0.6) is 5.75 Å². The van der Waals surface area contributed by atoms with E-state index in [4.69, 9.17) is 4.74 Å². The van der Waals surface area contributed by atoms with Gasteiger partial charge in [0.1, 0.15) is 0 Å². The molecule has 0 aromatic heterocycles. The number of allylic oxidation sites excluding steroid dienone is 1. The average Bonchev–Trinajstić information content (AvgIpc) is 2.49. The number of ether oxygens (including phenoxy) is 1. The second-order valence-corrected chi connectivity index (χ2v) is 4.84. The summed E-state index contributed by atoms with van der Waals surface area (Å²) in [4.78, 5) is 32.5. The largest absolute Gasteiger partial charge is 0.409 e. The van der Waals surface area contributed by atoms with Crippen LogP contribution in [0.2, 0.25) is 0 Å². The van der Waals surface area contributed by atoms with Gasteiger partial charge in [0.05, 0.1) is 9.85 Å². The smallest absolute Gasteiger partial charge is 0.336 e. The molecule has 124 valence electrons. The lowest BCUT2D eigenvalue weighted by molar-refractivity contribution is -0.395. The summed E-state index contributed by atoms with van der Waals surface area (Å²) in [5.41, 5.74) is -0.683. The predicted octanol–water partition coefficient (Wildman–Crippen LogP) is 3.89. The van der Waals surface area contributed by atoms with Crippen molar-refractivity contribution in [3.8, 4) is 5.75 Å². The Balaban J connectivity index is 3.56. The van der Waals surface area contributed by atoms with Gasteiger partial charge >= 0.3 is 17.3 Å². The quantitative estimate of drug-likeness (QED) is 0.247. The molecule has 0 N–H and O–H groups in total. The zero-order chi connectivity index (χ0) is 17.6. The van der Waals surface area contributed by atoms with Crippen molar-refractivity contribution in [2.24, 2.45) is 0 Å². The van der Waals surface area contributed by atoms with Gasteiger partial charge in [-0.15, -0.1) is 0 Å². The van der Waals surface area contributed by atoms with E-state index in [0.29, 0.717) is 18.4 Å². The molecule has 0 aliphatic carbocycles. The third kappa shape index (κ3) is 4.35. The maximum Gasteiger partial charge on any atom is 0.336 e. The number of benzene rings is 1. The molecule has 0 aliphatic heterocycles.